The molecule has 0 unspecified atom stereocenters. The summed E-state index contributed by atoms with van der Waals surface area (Å²) in [5.74, 6) is -0.659. The summed E-state index contributed by atoms with van der Waals surface area (Å²) in [5, 5.41) is 9.21. The number of aliphatic carboxylic acids is 1. The van der Waals surface area contributed by atoms with Gasteiger partial charge >= 0.3 is 5.97 Å². The minimum absolute atomic E-state index is 0.0821. The Hall–Kier alpha value is -1.75. The summed E-state index contributed by atoms with van der Waals surface area (Å²) in [6, 6.07) is 4.89. The van der Waals surface area contributed by atoms with Gasteiger partial charge in [0.25, 0.3) is 0 Å². The Bertz CT molecular complexity index is 476. The number of nitrogens with zero attached hydrogens (tertiary/aromatic N) is 1. The quantitative estimate of drug-likeness (QED) is 0.872. The van der Waals surface area contributed by atoms with E-state index in [-0.39, 0.29) is 25.3 Å². The summed E-state index contributed by atoms with van der Waals surface area (Å²) in [6.07, 6.45) is 0.136. The summed E-state index contributed by atoms with van der Waals surface area (Å²) >= 11 is 5.92. The first-order valence-corrected chi connectivity index (χ1v) is 6.23. The van der Waals surface area contributed by atoms with Gasteiger partial charge in [-0.3, -0.25) is 9.59 Å². The Labute approximate surface area is 116 Å². The Kier molecular flexibility index (Phi) is 5.63. The number of ether oxygens (including phenoxy) is 1. The highest BCUT2D eigenvalue weighted by Gasteiger charge is 2.19. The molecule has 1 N–H and O–H groups in total. The van der Waals surface area contributed by atoms with Crippen LogP contribution in [0.5, 0.6) is 5.75 Å². The molecule has 0 aromatic heterocycles. The van der Waals surface area contributed by atoms with E-state index in [9.17, 15) is 9.59 Å². The highest BCUT2D eigenvalue weighted by atomic mass is 35.5. The standard InChI is InChI=1S/C13H16ClNO4/c1-3-12(16)15(7-6-13(17)18)10-8-9(14)4-5-11(10)19-2/h4-5,8H,3,6-7H2,1-2H3,(H,17,18). The number of carboxylic acids is 1. The van der Waals surface area contributed by atoms with Crippen molar-refractivity contribution < 1.29 is 19.4 Å². The lowest BCUT2D eigenvalue weighted by molar-refractivity contribution is -0.136. The molecule has 6 heteroatoms. The maximum atomic E-state index is 11.9. The van der Waals surface area contributed by atoms with Crippen molar-refractivity contribution in [3.8, 4) is 5.75 Å². The number of rotatable bonds is 6. The van der Waals surface area contributed by atoms with Crippen LogP contribution >= 0.6 is 11.6 Å². The largest absolute Gasteiger partial charge is 0.495 e. The molecule has 0 saturated carbocycles. The molecule has 1 amide bonds. The summed E-state index contributed by atoms with van der Waals surface area (Å²) < 4.78 is 5.18. The molecule has 0 aliphatic heterocycles. The molecule has 0 radical (unpaired) electrons. The van der Waals surface area contributed by atoms with Crippen LogP contribution in [0.3, 0.4) is 0 Å². The Morgan fingerprint density at radius 3 is 2.63 bits per heavy atom. The average Bonchev–Trinajstić information content (AvgIpc) is 2.38. The fourth-order valence-electron chi connectivity index (χ4n) is 1.65. The minimum Gasteiger partial charge on any atom is -0.495 e. The van der Waals surface area contributed by atoms with Crippen LogP contribution in [0.1, 0.15) is 19.8 Å². The van der Waals surface area contributed by atoms with Gasteiger partial charge < -0.3 is 14.7 Å². The topological polar surface area (TPSA) is 66.8 Å². The summed E-state index contributed by atoms with van der Waals surface area (Å²) in [5.41, 5.74) is 0.489. The first-order valence-electron chi connectivity index (χ1n) is 5.85. The van der Waals surface area contributed by atoms with E-state index in [1.807, 2.05) is 0 Å². The van der Waals surface area contributed by atoms with Crippen molar-refractivity contribution in [1.29, 1.82) is 0 Å². The van der Waals surface area contributed by atoms with Crippen LogP contribution in [0, 0.1) is 0 Å². The molecule has 1 aromatic rings. The number of carboxylic acid groups (broad SMARTS) is 1. The van der Waals surface area contributed by atoms with Crippen LogP contribution in [-0.2, 0) is 9.59 Å². The van der Waals surface area contributed by atoms with Crippen molar-refractivity contribution in [2.24, 2.45) is 0 Å². The fourth-order valence-corrected chi connectivity index (χ4v) is 1.82. The molecule has 0 saturated heterocycles. The molecule has 1 aromatic carbocycles. The Morgan fingerprint density at radius 1 is 1.42 bits per heavy atom. The van der Waals surface area contributed by atoms with Gasteiger partial charge in [0.05, 0.1) is 19.2 Å². The predicted molar refractivity (Wildman–Crippen MR) is 72.9 cm³/mol. The van der Waals surface area contributed by atoms with Crippen LogP contribution in [0.15, 0.2) is 18.2 Å². The molecular formula is C13H16ClNO4. The van der Waals surface area contributed by atoms with Gasteiger partial charge in [0.1, 0.15) is 5.75 Å². The molecule has 0 heterocycles. The van der Waals surface area contributed by atoms with Crippen molar-refractivity contribution in [3.63, 3.8) is 0 Å². The van der Waals surface area contributed by atoms with E-state index in [0.29, 0.717) is 16.5 Å². The number of amides is 1. The zero-order valence-corrected chi connectivity index (χ0v) is 11.6. The molecule has 19 heavy (non-hydrogen) atoms. The van der Waals surface area contributed by atoms with Gasteiger partial charge in [-0.1, -0.05) is 18.5 Å². The van der Waals surface area contributed by atoms with Gasteiger partial charge in [0.15, 0.2) is 0 Å². The molecule has 5 nitrogen and oxygen atoms in total. The maximum Gasteiger partial charge on any atom is 0.305 e. The van der Waals surface area contributed by atoms with Gasteiger partial charge in [-0.2, -0.15) is 0 Å². The fraction of sp³-hybridized carbons (Fsp3) is 0.385. The van der Waals surface area contributed by atoms with Crippen molar-refractivity contribution in [1.82, 2.24) is 0 Å². The second-order valence-corrected chi connectivity index (χ2v) is 4.30. The highest BCUT2D eigenvalue weighted by molar-refractivity contribution is 6.31. The third-order valence-electron chi connectivity index (χ3n) is 2.58. The molecule has 104 valence electrons. The number of hydrogen-bond acceptors (Lipinski definition) is 3. The number of carbonyl (C=O) groups is 2. The SMILES string of the molecule is CCC(=O)N(CCC(=O)O)c1cc(Cl)ccc1OC. The normalized spacial score (nSPS) is 10.1. The zero-order valence-electron chi connectivity index (χ0n) is 10.9. The van der Waals surface area contributed by atoms with Gasteiger partial charge in [-0.05, 0) is 18.2 Å². The second kappa shape index (κ2) is 6.99. The van der Waals surface area contributed by atoms with E-state index in [2.05, 4.69) is 0 Å². The molecule has 0 aliphatic carbocycles. The lowest BCUT2D eigenvalue weighted by Crippen LogP contribution is -2.32. The van der Waals surface area contributed by atoms with Crippen molar-refractivity contribution in [2.75, 3.05) is 18.6 Å². The predicted octanol–water partition coefficient (Wildman–Crippen LogP) is 2.57. The smallest absolute Gasteiger partial charge is 0.305 e. The number of benzene rings is 1. The Morgan fingerprint density at radius 2 is 2.11 bits per heavy atom. The molecule has 0 aliphatic rings. The first-order chi connectivity index (χ1) is 8.99. The lowest BCUT2D eigenvalue weighted by atomic mass is 10.2. The van der Waals surface area contributed by atoms with Crippen molar-refractivity contribution in [3.05, 3.63) is 23.2 Å². The van der Waals surface area contributed by atoms with E-state index >= 15 is 0 Å². The second-order valence-electron chi connectivity index (χ2n) is 3.86. The van der Waals surface area contributed by atoms with Crippen molar-refractivity contribution >= 4 is 29.2 Å². The highest BCUT2D eigenvalue weighted by Crippen LogP contribution is 2.31. The molecule has 0 bridgehead atoms. The van der Waals surface area contributed by atoms with E-state index in [1.165, 1.54) is 12.0 Å². The third-order valence-corrected chi connectivity index (χ3v) is 2.82. The number of hydrogen-bond donors (Lipinski definition) is 1. The summed E-state index contributed by atoms with van der Waals surface area (Å²) in [6.45, 7) is 1.80. The van der Waals surface area contributed by atoms with E-state index in [4.69, 9.17) is 21.4 Å². The van der Waals surface area contributed by atoms with E-state index in [0.717, 1.165) is 0 Å². The maximum absolute atomic E-state index is 11.9. The van der Waals surface area contributed by atoms with Gasteiger partial charge in [-0.15, -0.1) is 0 Å². The minimum atomic E-state index is -0.963. The molecule has 1 rings (SSSR count). The number of methoxy groups -OCH3 is 1. The summed E-state index contributed by atoms with van der Waals surface area (Å²) in [7, 11) is 1.48. The van der Waals surface area contributed by atoms with E-state index in [1.54, 1.807) is 25.1 Å². The lowest BCUT2D eigenvalue weighted by Gasteiger charge is -2.23. The van der Waals surface area contributed by atoms with Crippen molar-refractivity contribution in [2.45, 2.75) is 19.8 Å². The molecule has 0 spiro atoms. The monoisotopic (exact) mass is 285 g/mol. The Balaban J connectivity index is 3.11. The first kappa shape index (κ1) is 15.3. The molecule has 0 atom stereocenters. The van der Waals surface area contributed by atoms with Crippen LogP contribution in [0.4, 0.5) is 5.69 Å². The van der Waals surface area contributed by atoms with Gasteiger partial charge in [0.2, 0.25) is 5.91 Å². The van der Waals surface area contributed by atoms with E-state index < -0.39 is 5.97 Å². The molecule has 0 fully saturated rings. The van der Waals surface area contributed by atoms with Gasteiger partial charge in [-0.25, -0.2) is 0 Å². The number of carbonyl (C=O) groups excluding carboxylic acids is 1. The van der Waals surface area contributed by atoms with Crippen LogP contribution in [0.25, 0.3) is 0 Å². The van der Waals surface area contributed by atoms with Crippen LogP contribution < -0.4 is 9.64 Å². The number of halogens is 1. The zero-order chi connectivity index (χ0) is 14.4. The molecular weight excluding hydrogens is 270 g/mol. The van der Waals surface area contributed by atoms with Crippen LogP contribution in [0.2, 0.25) is 5.02 Å². The van der Waals surface area contributed by atoms with Gasteiger partial charge in [0, 0.05) is 18.0 Å². The number of anilines is 1. The average molecular weight is 286 g/mol. The third kappa shape index (κ3) is 4.13. The van der Waals surface area contributed by atoms with Crippen LogP contribution in [-0.4, -0.2) is 30.6 Å². The summed E-state index contributed by atoms with van der Waals surface area (Å²) in [4.78, 5) is 24.0.